The van der Waals surface area contributed by atoms with Gasteiger partial charge in [0, 0.05) is 39.3 Å². The Bertz CT molecular complexity index is 616. The molecular formula is C20H28O10. The highest BCUT2D eigenvalue weighted by Crippen LogP contribution is 2.18. The zero-order valence-electron chi connectivity index (χ0n) is 16.6. The fourth-order valence-corrected chi connectivity index (χ4v) is 2.02. The van der Waals surface area contributed by atoms with E-state index in [9.17, 15) is 19.2 Å². The molecule has 2 rings (SSSR count). The summed E-state index contributed by atoms with van der Waals surface area (Å²) in [5.74, 6) is -2.84. The lowest BCUT2D eigenvalue weighted by molar-refractivity contribution is -0.139. The van der Waals surface area contributed by atoms with Crippen molar-refractivity contribution in [3.8, 4) is 0 Å². The van der Waals surface area contributed by atoms with Gasteiger partial charge >= 0.3 is 23.9 Å². The summed E-state index contributed by atoms with van der Waals surface area (Å²) in [6.45, 7) is 1.55. The lowest BCUT2D eigenvalue weighted by Gasteiger charge is -1.99. The number of carbonyl (C=O) groups excluding carboxylic acids is 2. The minimum absolute atomic E-state index is 0.0628. The van der Waals surface area contributed by atoms with Crippen molar-refractivity contribution < 1.29 is 49.1 Å². The van der Waals surface area contributed by atoms with Crippen LogP contribution in [0, 0.1) is 0 Å². The molecular weight excluding hydrogens is 400 g/mol. The smallest absolute Gasteiger partial charge is 0.346 e. The van der Waals surface area contributed by atoms with E-state index in [0.717, 1.165) is 0 Å². The Labute approximate surface area is 174 Å². The monoisotopic (exact) mass is 428 g/mol. The van der Waals surface area contributed by atoms with Gasteiger partial charge in [-0.15, -0.1) is 0 Å². The predicted octanol–water partition coefficient (Wildman–Crippen LogP) is 1.48. The van der Waals surface area contributed by atoms with E-state index in [1.165, 1.54) is 0 Å². The Kier molecular flexibility index (Phi) is 15.5. The molecule has 0 radical (unpaired) electrons. The van der Waals surface area contributed by atoms with Gasteiger partial charge in [-0.3, -0.25) is 9.59 Å². The van der Waals surface area contributed by atoms with E-state index in [1.54, 1.807) is 24.3 Å². The second-order valence-electron chi connectivity index (χ2n) is 5.98. The molecule has 0 unspecified atom stereocenters. The number of carboxylic acid groups (broad SMARTS) is 2. The van der Waals surface area contributed by atoms with E-state index in [1.807, 2.05) is 0 Å². The summed E-state index contributed by atoms with van der Waals surface area (Å²) in [6.07, 6.45) is 2.39. The van der Waals surface area contributed by atoms with Crippen LogP contribution in [0.2, 0.25) is 0 Å². The van der Waals surface area contributed by atoms with Crippen molar-refractivity contribution in [2.45, 2.75) is 38.5 Å². The molecule has 0 aliphatic carbocycles. The van der Waals surface area contributed by atoms with Crippen LogP contribution < -0.4 is 0 Å². The molecule has 1 aliphatic rings. The van der Waals surface area contributed by atoms with E-state index in [4.69, 9.17) is 25.2 Å². The van der Waals surface area contributed by atoms with E-state index < -0.39 is 23.9 Å². The fourth-order valence-electron chi connectivity index (χ4n) is 2.02. The number of aliphatic carboxylic acids is 2. The van der Waals surface area contributed by atoms with Crippen LogP contribution in [0.15, 0.2) is 24.3 Å². The molecule has 0 fully saturated rings. The van der Waals surface area contributed by atoms with Gasteiger partial charge in [-0.2, -0.15) is 0 Å². The van der Waals surface area contributed by atoms with Crippen LogP contribution >= 0.6 is 0 Å². The molecule has 10 heteroatoms. The van der Waals surface area contributed by atoms with Crippen molar-refractivity contribution in [3.05, 3.63) is 35.4 Å². The Hall–Kier alpha value is -2.82. The zero-order chi connectivity index (χ0) is 22.8. The number of aliphatic hydroxyl groups is 2. The number of esters is 2. The van der Waals surface area contributed by atoms with Crippen molar-refractivity contribution in [1.82, 2.24) is 0 Å². The molecule has 1 aliphatic heterocycles. The number of cyclic esters (lactones) is 2. The third-order valence-electron chi connectivity index (χ3n) is 3.48. The second kappa shape index (κ2) is 17.1. The normalized spacial score (nSPS) is 11.4. The maximum Gasteiger partial charge on any atom is 0.346 e. The number of hydrogen-bond acceptors (Lipinski definition) is 8. The van der Waals surface area contributed by atoms with Crippen LogP contribution in [0.5, 0.6) is 0 Å². The van der Waals surface area contributed by atoms with Gasteiger partial charge < -0.3 is 29.9 Å². The first-order chi connectivity index (χ1) is 14.3. The number of ether oxygens (including phenoxy) is 2. The van der Waals surface area contributed by atoms with Gasteiger partial charge in [0.1, 0.15) is 0 Å². The first-order valence-electron chi connectivity index (χ1n) is 9.42. The summed E-state index contributed by atoms with van der Waals surface area (Å²) in [5, 5.41) is 32.8. The molecule has 0 spiro atoms. The summed E-state index contributed by atoms with van der Waals surface area (Å²) in [6, 6.07) is 6.53. The van der Waals surface area contributed by atoms with Crippen molar-refractivity contribution in [2.24, 2.45) is 0 Å². The van der Waals surface area contributed by atoms with Gasteiger partial charge in [0.15, 0.2) is 0 Å². The Morgan fingerprint density at radius 1 is 0.767 bits per heavy atom. The van der Waals surface area contributed by atoms with Crippen LogP contribution in [-0.2, 0) is 19.1 Å². The van der Waals surface area contributed by atoms with Gasteiger partial charge in [-0.25, -0.2) is 9.59 Å². The minimum Gasteiger partial charge on any atom is -0.481 e. The molecule has 0 amide bonds. The standard InChI is InChI=1S/C8H4O3.C6H10O4.C6H14O3/c9-7-5-3-1-2-4-6(5)8(10)11-7;7-5(8)3-1-2-4-6(9)10;7-3-1-5-9-6-2-4-8/h1-4H;1-4H2,(H,7,8)(H,9,10);7-8H,1-6H2. The fraction of sp³-hybridized carbons (Fsp3) is 0.500. The Morgan fingerprint density at radius 3 is 1.50 bits per heavy atom. The minimum atomic E-state index is -0.870. The number of aliphatic hydroxyl groups excluding tert-OH is 2. The van der Waals surface area contributed by atoms with Crippen molar-refractivity contribution in [3.63, 3.8) is 0 Å². The van der Waals surface area contributed by atoms with Gasteiger partial charge in [-0.05, 0) is 37.8 Å². The highest BCUT2D eigenvalue weighted by molar-refractivity contribution is 6.14. The van der Waals surface area contributed by atoms with Crippen molar-refractivity contribution in [1.29, 1.82) is 0 Å². The lowest BCUT2D eigenvalue weighted by Crippen LogP contribution is -2.00. The second-order valence-corrected chi connectivity index (χ2v) is 5.98. The maximum atomic E-state index is 10.8. The number of benzene rings is 1. The summed E-state index contributed by atoms with van der Waals surface area (Å²) >= 11 is 0. The molecule has 0 saturated carbocycles. The number of hydrogen-bond donors (Lipinski definition) is 4. The van der Waals surface area contributed by atoms with Crippen molar-refractivity contribution >= 4 is 23.9 Å². The van der Waals surface area contributed by atoms with E-state index in [2.05, 4.69) is 4.74 Å². The molecule has 0 aromatic heterocycles. The summed E-state index contributed by atoms with van der Waals surface area (Å²) in [5.41, 5.74) is 0.718. The number of fused-ring (bicyclic) bond motifs is 1. The van der Waals surface area contributed by atoms with E-state index in [-0.39, 0.29) is 26.1 Å². The molecule has 0 atom stereocenters. The molecule has 1 aromatic rings. The average Bonchev–Trinajstić information content (AvgIpc) is 3.00. The van der Waals surface area contributed by atoms with Crippen LogP contribution in [0.3, 0.4) is 0 Å². The van der Waals surface area contributed by atoms with Gasteiger partial charge in [-0.1, -0.05) is 12.1 Å². The molecule has 30 heavy (non-hydrogen) atoms. The predicted molar refractivity (Wildman–Crippen MR) is 104 cm³/mol. The third kappa shape index (κ3) is 13.4. The first-order valence-corrected chi connectivity index (χ1v) is 9.42. The number of carboxylic acids is 2. The topological polar surface area (TPSA) is 168 Å². The number of rotatable bonds is 11. The summed E-state index contributed by atoms with van der Waals surface area (Å²) < 4.78 is 9.35. The highest BCUT2D eigenvalue weighted by Gasteiger charge is 2.28. The Morgan fingerprint density at radius 2 is 1.17 bits per heavy atom. The number of carbonyl (C=O) groups is 4. The average molecular weight is 428 g/mol. The van der Waals surface area contributed by atoms with E-state index >= 15 is 0 Å². The molecule has 1 heterocycles. The first kappa shape index (κ1) is 27.2. The molecule has 0 bridgehead atoms. The zero-order valence-corrected chi connectivity index (χ0v) is 16.6. The Balaban J connectivity index is 0.000000424. The SMILES string of the molecule is O=C(O)CCCCC(=O)O.O=C1OC(=O)c2ccccc21.OCCCOCCCO. The van der Waals surface area contributed by atoms with Crippen LogP contribution in [-0.4, -0.2) is 70.7 Å². The molecule has 0 saturated heterocycles. The van der Waals surface area contributed by atoms with Crippen molar-refractivity contribution in [2.75, 3.05) is 26.4 Å². The molecule has 4 N–H and O–H groups in total. The van der Waals surface area contributed by atoms with Gasteiger partial charge in [0.05, 0.1) is 11.1 Å². The lowest BCUT2D eigenvalue weighted by atomic mass is 10.1. The van der Waals surface area contributed by atoms with Gasteiger partial charge in [0.25, 0.3) is 0 Å². The largest absolute Gasteiger partial charge is 0.481 e. The van der Waals surface area contributed by atoms with Gasteiger partial charge in [0.2, 0.25) is 0 Å². The summed E-state index contributed by atoms with van der Waals surface area (Å²) in [7, 11) is 0. The third-order valence-corrected chi connectivity index (χ3v) is 3.48. The van der Waals surface area contributed by atoms with Crippen LogP contribution in [0.25, 0.3) is 0 Å². The summed E-state index contributed by atoms with van der Waals surface area (Å²) in [4.78, 5) is 41.5. The molecule has 10 nitrogen and oxygen atoms in total. The molecule has 168 valence electrons. The maximum absolute atomic E-state index is 10.8. The van der Waals surface area contributed by atoms with E-state index in [0.29, 0.717) is 50.0 Å². The molecule has 1 aromatic carbocycles. The quantitative estimate of drug-likeness (QED) is 0.230. The highest BCUT2D eigenvalue weighted by atomic mass is 16.6. The number of unbranched alkanes of at least 4 members (excludes halogenated alkanes) is 1. The van der Waals surface area contributed by atoms with Crippen LogP contribution in [0.4, 0.5) is 0 Å². The van der Waals surface area contributed by atoms with Crippen LogP contribution in [0.1, 0.15) is 59.2 Å².